The van der Waals surface area contributed by atoms with E-state index in [1.54, 1.807) is 0 Å². The van der Waals surface area contributed by atoms with Crippen LogP contribution in [0.2, 0.25) is 0 Å². The van der Waals surface area contributed by atoms with Crippen molar-refractivity contribution in [1.29, 1.82) is 0 Å². The van der Waals surface area contributed by atoms with Crippen LogP contribution < -0.4 is 5.32 Å². The Morgan fingerprint density at radius 2 is 1.75 bits per heavy atom. The third kappa shape index (κ3) is 4.26. The van der Waals surface area contributed by atoms with Crippen molar-refractivity contribution in [1.82, 2.24) is 5.32 Å². The monoisotopic (exact) mass is 291 g/mol. The van der Waals surface area contributed by atoms with Crippen molar-refractivity contribution in [3.05, 3.63) is 29.8 Å². The summed E-state index contributed by atoms with van der Waals surface area (Å²) >= 11 is 1.92. The highest BCUT2D eigenvalue weighted by Gasteiger charge is 2.26. The van der Waals surface area contributed by atoms with E-state index >= 15 is 0 Å². The van der Waals surface area contributed by atoms with Crippen molar-refractivity contribution in [3.63, 3.8) is 0 Å². The van der Waals surface area contributed by atoms with Crippen LogP contribution in [0.4, 0.5) is 0 Å². The molecule has 1 aliphatic carbocycles. The van der Waals surface area contributed by atoms with Gasteiger partial charge in [0.2, 0.25) is 0 Å². The first-order valence-electron chi connectivity index (χ1n) is 8.20. The molecule has 0 amide bonds. The van der Waals surface area contributed by atoms with Crippen LogP contribution in [0.15, 0.2) is 29.2 Å². The van der Waals surface area contributed by atoms with E-state index in [0.29, 0.717) is 6.04 Å². The summed E-state index contributed by atoms with van der Waals surface area (Å²) < 4.78 is 0. The van der Waals surface area contributed by atoms with E-state index in [1.165, 1.54) is 36.1 Å². The molecule has 1 unspecified atom stereocenters. The van der Waals surface area contributed by atoms with Gasteiger partial charge in [-0.25, -0.2) is 0 Å². The molecule has 2 rings (SSSR count). The third-order valence-electron chi connectivity index (χ3n) is 4.51. The summed E-state index contributed by atoms with van der Waals surface area (Å²) in [6.07, 6.45) is 5.56. The normalized spacial score (nSPS) is 24.6. The van der Waals surface area contributed by atoms with Crippen molar-refractivity contribution in [2.24, 2.45) is 11.8 Å². The van der Waals surface area contributed by atoms with Crippen LogP contribution in [0.3, 0.4) is 0 Å². The van der Waals surface area contributed by atoms with Gasteiger partial charge < -0.3 is 5.32 Å². The molecule has 0 aromatic heterocycles. The Labute approximate surface area is 128 Å². The summed E-state index contributed by atoms with van der Waals surface area (Å²) in [5, 5.41) is 3.73. The van der Waals surface area contributed by atoms with Gasteiger partial charge in [0.1, 0.15) is 0 Å². The molecule has 1 atom stereocenters. The molecule has 20 heavy (non-hydrogen) atoms. The van der Waals surface area contributed by atoms with Gasteiger partial charge in [0.15, 0.2) is 0 Å². The standard InChI is InChI=1S/C18H29NS/c1-4-19-18(15-8-6-14(3)7-9-15)16-10-12-17(13-11-16)20-5-2/h10-15,18-19H,4-9H2,1-3H3. The Morgan fingerprint density at radius 1 is 1.10 bits per heavy atom. The molecule has 0 aliphatic heterocycles. The highest BCUT2D eigenvalue weighted by Crippen LogP contribution is 2.37. The predicted octanol–water partition coefficient (Wildman–Crippen LogP) is 5.28. The lowest BCUT2D eigenvalue weighted by Crippen LogP contribution is -2.30. The van der Waals surface area contributed by atoms with Gasteiger partial charge in [-0.15, -0.1) is 11.8 Å². The van der Waals surface area contributed by atoms with E-state index < -0.39 is 0 Å². The van der Waals surface area contributed by atoms with E-state index in [9.17, 15) is 0 Å². The van der Waals surface area contributed by atoms with Gasteiger partial charge in [-0.1, -0.05) is 45.7 Å². The van der Waals surface area contributed by atoms with Gasteiger partial charge in [-0.05, 0) is 54.7 Å². The first kappa shape index (κ1) is 15.9. The zero-order valence-corrected chi connectivity index (χ0v) is 14.0. The van der Waals surface area contributed by atoms with Gasteiger partial charge in [0.05, 0.1) is 0 Å². The topological polar surface area (TPSA) is 12.0 Å². The van der Waals surface area contributed by atoms with Crippen LogP contribution in [-0.4, -0.2) is 12.3 Å². The van der Waals surface area contributed by atoms with Gasteiger partial charge in [-0.2, -0.15) is 0 Å². The van der Waals surface area contributed by atoms with Crippen LogP contribution in [0.25, 0.3) is 0 Å². The molecule has 1 N–H and O–H groups in total. The van der Waals surface area contributed by atoms with E-state index in [-0.39, 0.29) is 0 Å². The highest BCUT2D eigenvalue weighted by atomic mass is 32.2. The molecule has 0 spiro atoms. The lowest BCUT2D eigenvalue weighted by atomic mass is 9.77. The molecule has 0 radical (unpaired) electrons. The Morgan fingerprint density at radius 3 is 2.30 bits per heavy atom. The fraction of sp³-hybridized carbons (Fsp3) is 0.667. The minimum Gasteiger partial charge on any atom is -0.310 e. The van der Waals surface area contributed by atoms with Crippen LogP contribution in [0.1, 0.15) is 58.1 Å². The molecule has 1 aromatic carbocycles. The van der Waals surface area contributed by atoms with E-state index in [2.05, 4.69) is 50.4 Å². The summed E-state index contributed by atoms with van der Waals surface area (Å²) in [4.78, 5) is 1.39. The fourth-order valence-electron chi connectivity index (χ4n) is 3.33. The van der Waals surface area contributed by atoms with Gasteiger partial charge >= 0.3 is 0 Å². The molecule has 112 valence electrons. The van der Waals surface area contributed by atoms with E-state index in [1.807, 2.05) is 11.8 Å². The van der Waals surface area contributed by atoms with Crippen molar-refractivity contribution in [3.8, 4) is 0 Å². The second-order valence-corrected chi connectivity index (χ2v) is 7.39. The molecular weight excluding hydrogens is 262 g/mol. The fourth-order valence-corrected chi connectivity index (χ4v) is 4.00. The van der Waals surface area contributed by atoms with E-state index in [0.717, 1.165) is 24.1 Å². The highest BCUT2D eigenvalue weighted by molar-refractivity contribution is 7.99. The molecule has 1 aliphatic rings. The second kappa shape index (κ2) is 8.09. The summed E-state index contributed by atoms with van der Waals surface area (Å²) in [6, 6.07) is 9.80. The number of rotatable bonds is 6. The van der Waals surface area contributed by atoms with Crippen molar-refractivity contribution in [2.45, 2.75) is 57.4 Å². The van der Waals surface area contributed by atoms with E-state index in [4.69, 9.17) is 0 Å². The molecule has 1 saturated carbocycles. The number of hydrogen-bond acceptors (Lipinski definition) is 2. The van der Waals surface area contributed by atoms with Crippen LogP contribution in [-0.2, 0) is 0 Å². The Kier molecular flexibility index (Phi) is 6.44. The Bertz CT molecular complexity index is 379. The molecule has 2 heteroatoms. The lowest BCUT2D eigenvalue weighted by molar-refractivity contribution is 0.233. The zero-order valence-electron chi connectivity index (χ0n) is 13.2. The van der Waals surface area contributed by atoms with Crippen LogP contribution in [0, 0.1) is 11.8 Å². The summed E-state index contributed by atoms with van der Waals surface area (Å²) in [5.74, 6) is 2.89. The third-order valence-corrected chi connectivity index (χ3v) is 5.40. The molecule has 1 nitrogen and oxygen atoms in total. The number of benzene rings is 1. The number of thioether (sulfide) groups is 1. The van der Waals surface area contributed by atoms with Crippen molar-refractivity contribution >= 4 is 11.8 Å². The second-order valence-electron chi connectivity index (χ2n) is 6.06. The first-order valence-corrected chi connectivity index (χ1v) is 9.19. The Hall–Kier alpha value is -0.470. The summed E-state index contributed by atoms with van der Waals surface area (Å²) in [6.45, 7) is 7.89. The van der Waals surface area contributed by atoms with Crippen molar-refractivity contribution < 1.29 is 0 Å². The maximum atomic E-state index is 3.73. The maximum Gasteiger partial charge on any atom is 0.0348 e. The average Bonchev–Trinajstić information content (AvgIpc) is 2.47. The number of nitrogens with one attached hydrogen (secondary N) is 1. The van der Waals surface area contributed by atoms with Gasteiger partial charge in [0, 0.05) is 10.9 Å². The van der Waals surface area contributed by atoms with Crippen LogP contribution >= 0.6 is 11.8 Å². The molecule has 0 heterocycles. The lowest BCUT2D eigenvalue weighted by Gasteiger charge is -2.33. The zero-order chi connectivity index (χ0) is 14.4. The van der Waals surface area contributed by atoms with Gasteiger partial charge in [0.25, 0.3) is 0 Å². The summed E-state index contributed by atoms with van der Waals surface area (Å²) in [5.41, 5.74) is 1.48. The number of hydrogen-bond donors (Lipinski definition) is 1. The summed E-state index contributed by atoms with van der Waals surface area (Å²) in [7, 11) is 0. The molecular formula is C18H29NS. The molecule has 0 saturated heterocycles. The minimum atomic E-state index is 0.549. The largest absolute Gasteiger partial charge is 0.310 e. The quantitative estimate of drug-likeness (QED) is 0.716. The Balaban J connectivity index is 2.07. The molecule has 0 bridgehead atoms. The van der Waals surface area contributed by atoms with Gasteiger partial charge in [-0.3, -0.25) is 0 Å². The first-order chi connectivity index (χ1) is 9.74. The SMILES string of the molecule is CCNC(c1ccc(SCC)cc1)C1CCC(C)CC1. The average molecular weight is 292 g/mol. The predicted molar refractivity (Wildman–Crippen MR) is 90.4 cm³/mol. The smallest absolute Gasteiger partial charge is 0.0348 e. The molecule has 1 fully saturated rings. The maximum absolute atomic E-state index is 3.73. The van der Waals surface area contributed by atoms with Crippen molar-refractivity contribution in [2.75, 3.05) is 12.3 Å². The molecule has 1 aromatic rings. The minimum absolute atomic E-state index is 0.549. The van der Waals surface area contributed by atoms with Crippen LogP contribution in [0.5, 0.6) is 0 Å².